The first-order valence-corrected chi connectivity index (χ1v) is 9.92. The number of benzene rings is 1. The van der Waals surface area contributed by atoms with Gasteiger partial charge in [-0.1, -0.05) is 42.6 Å². The molecule has 0 saturated heterocycles. The molecule has 118 valence electrons. The fourth-order valence-corrected chi connectivity index (χ4v) is 4.70. The van der Waals surface area contributed by atoms with Gasteiger partial charge in [-0.15, -0.1) is 11.8 Å². The first-order valence-electron chi connectivity index (χ1n) is 7.81. The standard InChI is InChI=1S/C17H26BrNOS/c1-4-6-7-17(5-2)12-21-16-9-13(10-18)15(20-3)8-14(16)11-19-17/h8-9,19H,4-7,10-12H2,1-3H3/t17-/m1/s1. The molecule has 0 amide bonds. The van der Waals surface area contributed by atoms with Crippen molar-refractivity contribution >= 4 is 27.7 Å². The van der Waals surface area contributed by atoms with Crippen LogP contribution in [0, 0.1) is 0 Å². The average molecular weight is 372 g/mol. The average Bonchev–Trinajstić information content (AvgIpc) is 2.71. The van der Waals surface area contributed by atoms with Gasteiger partial charge < -0.3 is 10.1 Å². The van der Waals surface area contributed by atoms with E-state index in [1.165, 1.54) is 41.7 Å². The smallest absolute Gasteiger partial charge is 0.123 e. The van der Waals surface area contributed by atoms with Crippen molar-refractivity contribution in [1.82, 2.24) is 5.32 Å². The van der Waals surface area contributed by atoms with Crippen LogP contribution < -0.4 is 10.1 Å². The molecule has 1 aromatic carbocycles. The molecular weight excluding hydrogens is 346 g/mol. The minimum atomic E-state index is 0.279. The molecular formula is C17H26BrNOS. The van der Waals surface area contributed by atoms with Crippen molar-refractivity contribution < 1.29 is 4.74 Å². The van der Waals surface area contributed by atoms with Gasteiger partial charge in [0.25, 0.3) is 0 Å². The number of unbranched alkanes of at least 4 members (excludes halogenated alkanes) is 1. The summed E-state index contributed by atoms with van der Waals surface area (Å²) < 4.78 is 5.52. The molecule has 0 aliphatic carbocycles. The fraction of sp³-hybridized carbons (Fsp3) is 0.647. The Balaban J connectivity index is 2.23. The van der Waals surface area contributed by atoms with E-state index in [1.807, 2.05) is 11.8 Å². The highest BCUT2D eigenvalue weighted by Gasteiger charge is 2.30. The summed E-state index contributed by atoms with van der Waals surface area (Å²) in [7, 11) is 1.75. The van der Waals surface area contributed by atoms with Gasteiger partial charge in [0.05, 0.1) is 7.11 Å². The number of hydrogen-bond donors (Lipinski definition) is 1. The lowest BCUT2D eigenvalue weighted by Crippen LogP contribution is -2.45. The van der Waals surface area contributed by atoms with Gasteiger partial charge in [-0.3, -0.25) is 0 Å². The number of thioether (sulfide) groups is 1. The zero-order valence-electron chi connectivity index (χ0n) is 13.3. The maximum atomic E-state index is 5.52. The Kier molecular flexibility index (Phi) is 6.45. The first kappa shape index (κ1) is 17.2. The van der Waals surface area contributed by atoms with E-state index in [9.17, 15) is 0 Å². The Bertz CT molecular complexity index is 443. The molecule has 0 aromatic heterocycles. The lowest BCUT2D eigenvalue weighted by molar-refractivity contribution is 0.317. The highest BCUT2D eigenvalue weighted by molar-refractivity contribution is 9.08. The summed E-state index contributed by atoms with van der Waals surface area (Å²) in [6, 6.07) is 4.50. The Hall–Kier alpha value is -0.190. The molecule has 1 aromatic rings. The molecule has 0 bridgehead atoms. The first-order chi connectivity index (χ1) is 10.2. The maximum Gasteiger partial charge on any atom is 0.123 e. The molecule has 2 rings (SSSR count). The van der Waals surface area contributed by atoms with E-state index >= 15 is 0 Å². The molecule has 0 saturated carbocycles. The van der Waals surface area contributed by atoms with Gasteiger partial charge in [0, 0.05) is 33.6 Å². The van der Waals surface area contributed by atoms with Gasteiger partial charge in [0.15, 0.2) is 0 Å². The third kappa shape index (κ3) is 3.96. The number of halogens is 1. The molecule has 4 heteroatoms. The summed E-state index contributed by atoms with van der Waals surface area (Å²) in [5.41, 5.74) is 2.89. The van der Waals surface area contributed by atoms with Crippen LogP contribution in [0.2, 0.25) is 0 Å². The van der Waals surface area contributed by atoms with Crippen molar-refractivity contribution in [3.63, 3.8) is 0 Å². The van der Waals surface area contributed by atoms with Crippen LogP contribution in [0.15, 0.2) is 17.0 Å². The molecule has 1 atom stereocenters. The monoisotopic (exact) mass is 371 g/mol. The normalized spacial score (nSPS) is 21.7. The van der Waals surface area contributed by atoms with Gasteiger partial charge in [0.2, 0.25) is 0 Å². The van der Waals surface area contributed by atoms with Crippen molar-refractivity contribution in [3.05, 3.63) is 23.3 Å². The molecule has 1 heterocycles. The van der Waals surface area contributed by atoms with Crippen LogP contribution in [-0.4, -0.2) is 18.4 Å². The van der Waals surface area contributed by atoms with Crippen LogP contribution >= 0.6 is 27.7 Å². The Morgan fingerprint density at radius 2 is 2.19 bits per heavy atom. The van der Waals surface area contributed by atoms with Gasteiger partial charge in [0.1, 0.15) is 5.75 Å². The summed E-state index contributed by atoms with van der Waals surface area (Å²) in [4.78, 5) is 1.41. The quantitative estimate of drug-likeness (QED) is 0.700. The molecule has 0 spiro atoms. The van der Waals surface area contributed by atoms with Gasteiger partial charge >= 0.3 is 0 Å². The second-order valence-corrected chi connectivity index (χ2v) is 7.36. The summed E-state index contributed by atoms with van der Waals surface area (Å²) in [5.74, 6) is 2.15. The predicted octanol–water partition coefficient (Wildman–Crippen LogP) is 5.12. The van der Waals surface area contributed by atoms with Gasteiger partial charge in [-0.25, -0.2) is 0 Å². The molecule has 2 nitrogen and oxygen atoms in total. The highest BCUT2D eigenvalue weighted by atomic mass is 79.9. The minimum Gasteiger partial charge on any atom is -0.496 e. The van der Waals surface area contributed by atoms with E-state index in [0.29, 0.717) is 0 Å². The Labute approximate surface area is 141 Å². The Morgan fingerprint density at radius 3 is 2.81 bits per heavy atom. The number of methoxy groups -OCH3 is 1. The molecule has 21 heavy (non-hydrogen) atoms. The van der Waals surface area contributed by atoms with E-state index in [1.54, 1.807) is 7.11 Å². The number of hydrogen-bond acceptors (Lipinski definition) is 3. The van der Waals surface area contributed by atoms with Crippen molar-refractivity contribution in [2.45, 2.75) is 61.8 Å². The highest BCUT2D eigenvalue weighted by Crippen LogP contribution is 2.37. The van der Waals surface area contributed by atoms with Crippen molar-refractivity contribution in [1.29, 1.82) is 0 Å². The number of ether oxygens (including phenoxy) is 1. The molecule has 0 unspecified atom stereocenters. The van der Waals surface area contributed by atoms with Crippen molar-refractivity contribution in [3.8, 4) is 5.75 Å². The van der Waals surface area contributed by atoms with Crippen LogP contribution in [0.3, 0.4) is 0 Å². The van der Waals surface area contributed by atoms with Crippen molar-refractivity contribution in [2.75, 3.05) is 12.9 Å². The second-order valence-electron chi connectivity index (χ2n) is 5.79. The summed E-state index contributed by atoms with van der Waals surface area (Å²) in [6.45, 7) is 5.53. The van der Waals surface area contributed by atoms with Crippen molar-refractivity contribution in [2.24, 2.45) is 0 Å². The van der Waals surface area contributed by atoms with E-state index in [0.717, 1.165) is 23.4 Å². The van der Waals surface area contributed by atoms with Crippen LogP contribution in [0.5, 0.6) is 5.75 Å². The third-order valence-corrected chi connectivity index (χ3v) is 6.44. The zero-order chi connectivity index (χ0) is 15.3. The third-order valence-electron chi connectivity index (χ3n) is 4.45. The number of fused-ring (bicyclic) bond motifs is 1. The molecule has 0 radical (unpaired) electrons. The zero-order valence-corrected chi connectivity index (χ0v) is 15.7. The topological polar surface area (TPSA) is 21.3 Å². The molecule has 1 N–H and O–H groups in total. The predicted molar refractivity (Wildman–Crippen MR) is 95.7 cm³/mol. The van der Waals surface area contributed by atoms with Crippen LogP contribution in [0.1, 0.15) is 50.7 Å². The summed E-state index contributed by atoms with van der Waals surface area (Å²) >= 11 is 5.56. The Morgan fingerprint density at radius 1 is 1.38 bits per heavy atom. The van der Waals surface area contributed by atoms with Crippen LogP contribution in [0.25, 0.3) is 0 Å². The molecule has 1 aliphatic rings. The van der Waals surface area contributed by atoms with E-state index in [4.69, 9.17) is 4.74 Å². The number of alkyl halides is 1. The number of nitrogens with one attached hydrogen (secondary N) is 1. The summed E-state index contributed by atoms with van der Waals surface area (Å²) in [5, 5.41) is 4.68. The second kappa shape index (κ2) is 7.89. The maximum absolute atomic E-state index is 5.52. The van der Waals surface area contributed by atoms with Gasteiger partial charge in [-0.2, -0.15) is 0 Å². The van der Waals surface area contributed by atoms with E-state index in [2.05, 4.69) is 47.2 Å². The van der Waals surface area contributed by atoms with E-state index in [-0.39, 0.29) is 5.54 Å². The minimum absolute atomic E-state index is 0.279. The molecule has 0 fully saturated rings. The largest absolute Gasteiger partial charge is 0.496 e. The fourth-order valence-electron chi connectivity index (χ4n) is 2.84. The van der Waals surface area contributed by atoms with Gasteiger partial charge in [-0.05, 0) is 30.5 Å². The summed E-state index contributed by atoms with van der Waals surface area (Å²) in [6.07, 6.45) is 5.02. The lowest BCUT2D eigenvalue weighted by Gasteiger charge is -2.32. The van der Waals surface area contributed by atoms with Crippen LogP contribution in [0.4, 0.5) is 0 Å². The number of rotatable bonds is 6. The SMILES string of the molecule is CCCC[C@]1(CC)CSc2cc(CBr)c(OC)cc2CN1. The lowest BCUT2D eigenvalue weighted by atomic mass is 9.91. The molecule has 1 aliphatic heterocycles. The van der Waals surface area contributed by atoms with Crippen LogP contribution in [-0.2, 0) is 11.9 Å². The van der Waals surface area contributed by atoms with E-state index < -0.39 is 0 Å².